The van der Waals surface area contributed by atoms with Crippen LogP contribution in [0.5, 0.6) is 0 Å². The lowest BCUT2D eigenvalue weighted by molar-refractivity contribution is -0.138. The number of aliphatic hydroxyl groups excluding tert-OH is 1. The van der Waals surface area contributed by atoms with E-state index in [-0.39, 0.29) is 5.57 Å². The van der Waals surface area contributed by atoms with Gasteiger partial charge in [0, 0.05) is 9.13 Å². The Bertz CT molecular complexity index is 740. The average Bonchev–Trinajstić information content (AvgIpc) is 2.50. The van der Waals surface area contributed by atoms with Gasteiger partial charge in [-0.05, 0) is 53.6 Å². The summed E-state index contributed by atoms with van der Waals surface area (Å²) >= 11 is 2.08. The normalized spacial score (nSPS) is 20.2. The van der Waals surface area contributed by atoms with Crippen LogP contribution in [0.1, 0.15) is 31.4 Å². The van der Waals surface area contributed by atoms with Gasteiger partial charge in [0.2, 0.25) is 0 Å². The summed E-state index contributed by atoms with van der Waals surface area (Å²) in [6.07, 6.45) is 0.447. The molecule has 7 heteroatoms. The Morgan fingerprint density at radius 2 is 2.00 bits per heavy atom. The fourth-order valence-corrected chi connectivity index (χ4v) is 3.13. The molecule has 122 valence electrons. The highest BCUT2D eigenvalue weighted by molar-refractivity contribution is 14.1. The SMILES string of the molecule is CCC1(C)C(=O)C(C(=O)NCC(=O)O)=C(O)c2cc(I)ccc21. The zero-order valence-corrected chi connectivity index (χ0v) is 14.8. The van der Waals surface area contributed by atoms with Crippen LogP contribution in [0.2, 0.25) is 0 Å². The number of carbonyl (C=O) groups excluding carboxylic acids is 2. The molecule has 0 saturated heterocycles. The van der Waals surface area contributed by atoms with Crippen molar-refractivity contribution >= 4 is 46.0 Å². The van der Waals surface area contributed by atoms with Gasteiger partial charge in [-0.1, -0.05) is 13.0 Å². The number of ketones is 1. The fourth-order valence-electron chi connectivity index (χ4n) is 2.64. The molecule has 0 radical (unpaired) electrons. The maximum absolute atomic E-state index is 12.8. The number of benzene rings is 1. The van der Waals surface area contributed by atoms with E-state index in [0.29, 0.717) is 17.5 Å². The Morgan fingerprint density at radius 1 is 1.35 bits per heavy atom. The lowest BCUT2D eigenvalue weighted by Crippen LogP contribution is -2.43. The molecule has 0 bridgehead atoms. The first-order chi connectivity index (χ1) is 10.7. The van der Waals surface area contributed by atoms with Crippen LogP contribution in [0, 0.1) is 3.57 Å². The van der Waals surface area contributed by atoms with Gasteiger partial charge in [-0.25, -0.2) is 0 Å². The van der Waals surface area contributed by atoms with E-state index in [1.807, 2.05) is 13.0 Å². The van der Waals surface area contributed by atoms with Gasteiger partial charge in [0.1, 0.15) is 17.9 Å². The number of Topliss-reactive ketones (excluding diaryl/α,β-unsaturated/α-hetero) is 1. The Labute approximate surface area is 146 Å². The number of nitrogens with one attached hydrogen (secondary N) is 1. The number of hydrogen-bond donors (Lipinski definition) is 3. The highest BCUT2D eigenvalue weighted by atomic mass is 127. The first kappa shape index (κ1) is 17.5. The molecule has 0 spiro atoms. The van der Waals surface area contributed by atoms with Crippen molar-refractivity contribution < 1.29 is 24.6 Å². The largest absolute Gasteiger partial charge is 0.506 e. The van der Waals surface area contributed by atoms with E-state index in [4.69, 9.17) is 5.11 Å². The van der Waals surface area contributed by atoms with E-state index < -0.39 is 35.4 Å². The van der Waals surface area contributed by atoms with Crippen molar-refractivity contribution in [2.75, 3.05) is 6.54 Å². The summed E-state index contributed by atoms with van der Waals surface area (Å²) in [5, 5.41) is 21.2. The van der Waals surface area contributed by atoms with Crippen LogP contribution in [-0.2, 0) is 19.8 Å². The van der Waals surface area contributed by atoms with E-state index in [1.54, 1.807) is 19.1 Å². The van der Waals surface area contributed by atoms with Gasteiger partial charge in [-0.15, -0.1) is 0 Å². The van der Waals surface area contributed by atoms with E-state index >= 15 is 0 Å². The number of amides is 1. The third kappa shape index (κ3) is 2.97. The Morgan fingerprint density at radius 3 is 2.57 bits per heavy atom. The van der Waals surface area contributed by atoms with Crippen molar-refractivity contribution in [1.29, 1.82) is 0 Å². The van der Waals surface area contributed by atoms with Gasteiger partial charge in [0.15, 0.2) is 5.78 Å². The average molecular weight is 429 g/mol. The molecule has 1 atom stereocenters. The molecule has 1 aliphatic rings. The minimum Gasteiger partial charge on any atom is -0.506 e. The van der Waals surface area contributed by atoms with Gasteiger partial charge in [-0.3, -0.25) is 14.4 Å². The lowest BCUT2D eigenvalue weighted by Gasteiger charge is -2.34. The number of carboxylic acid groups (broad SMARTS) is 1. The summed E-state index contributed by atoms with van der Waals surface area (Å²) in [7, 11) is 0. The zero-order chi connectivity index (χ0) is 17.4. The zero-order valence-electron chi connectivity index (χ0n) is 12.6. The molecular formula is C16H16INO5. The van der Waals surface area contributed by atoms with Gasteiger partial charge >= 0.3 is 5.97 Å². The maximum Gasteiger partial charge on any atom is 0.322 e. The molecule has 1 aromatic carbocycles. The van der Waals surface area contributed by atoms with Crippen molar-refractivity contribution in [3.05, 3.63) is 38.5 Å². The topological polar surface area (TPSA) is 104 Å². The smallest absolute Gasteiger partial charge is 0.322 e. The first-order valence-electron chi connectivity index (χ1n) is 7.00. The van der Waals surface area contributed by atoms with Crippen LogP contribution < -0.4 is 5.32 Å². The molecule has 23 heavy (non-hydrogen) atoms. The van der Waals surface area contributed by atoms with Crippen molar-refractivity contribution in [2.24, 2.45) is 0 Å². The summed E-state index contributed by atoms with van der Waals surface area (Å²) in [4.78, 5) is 35.6. The van der Waals surface area contributed by atoms with Crippen LogP contribution in [-0.4, -0.2) is 34.4 Å². The van der Waals surface area contributed by atoms with Crippen molar-refractivity contribution in [1.82, 2.24) is 5.32 Å². The number of aliphatic carboxylic acids is 1. The second-order valence-corrected chi connectivity index (χ2v) is 6.75. The summed E-state index contributed by atoms with van der Waals surface area (Å²) in [6.45, 7) is 2.93. The van der Waals surface area contributed by atoms with Crippen LogP contribution in [0.4, 0.5) is 0 Å². The quantitative estimate of drug-likeness (QED) is 0.502. The molecule has 1 amide bonds. The molecule has 0 fully saturated rings. The predicted octanol–water partition coefficient (Wildman–Crippen LogP) is 2.01. The Kier molecular flexibility index (Phi) is 4.79. The Hall–Kier alpha value is -1.90. The van der Waals surface area contributed by atoms with E-state index in [1.165, 1.54) is 0 Å². The second kappa shape index (κ2) is 6.31. The highest BCUT2D eigenvalue weighted by Gasteiger charge is 2.45. The fraction of sp³-hybridized carbons (Fsp3) is 0.312. The summed E-state index contributed by atoms with van der Waals surface area (Å²) in [5.41, 5.74) is -0.231. The molecule has 1 aliphatic carbocycles. The molecule has 0 aromatic heterocycles. The molecule has 3 N–H and O–H groups in total. The third-order valence-corrected chi connectivity index (χ3v) is 4.80. The van der Waals surface area contributed by atoms with Crippen molar-refractivity contribution in [3.8, 4) is 0 Å². The summed E-state index contributed by atoms with van der Waals surface area (Å²) in [6, 6.07) is 5.32. The molecule has 1 unspecified atom stereocenters. The Balaban J connectivity index is 2.61. The number of fused-ring (bicyclic) bond motifs is 1. The number of hydrogen-bond acceptors (Lipinski definition) is 4. The minimum absolute atomic E-state index is 0.384. The second-order valence-electron chi connectivity index (χ2n) is 5.50. The van der Waals surface area contributed by atoms with E-state index in [2.05, 4.69) is 27.9 Å². The van der Waals surface area contributed by atoms with Gasteiger partial charge in [0.25, 0.3) is 5.91 Å². The summed E-state index contributed by atoms with van der Waals surface area (Å²) in [5.74, 6) is -3.01. The van der Waals surface area contributed by atoms with E-state index in [0.717, 1.165) is 3.57 Å². The monoisotopic (exact) mass is 429 g/mol. The van der Waals surface area contributed by atoms with Crippen LogP contribution in [0.25, 0.3) is 5.76 Å². The number of halogens is 1. The van der Waals surface area contributed by atoms with Crippen molar-refractivity contribution in [2.45, 2.75) is 25.7 Å². The first-order valence-corrected chi connectivity index (χ1v) is 8.08. The molecule has 2 rings (SSSR count). The maximum atomic E-state index is 12.8. The number of carbonyl (C=O) groups is 3. The highest BCUT2D eigenvalue weighted by Crippen LogP contribution is 2.42. The number of rotatable bonds is 4. The van der Waals surface area contributed by atoms with Crippen molar-refractivity contribution in [3.63, 3.8) is 0 Å². The molecule has 0 heterocycles. The molecule has 0 aliphatic heterocycles. The van der Waals surface area contributed by atoms with Gasteiger partial charge < -0.3 is 15.5 Å². The van der Waals surface area contributed by atoms with Crippen LogP contribution >= 0.6 is 22.6 Å². The molecule has 6 nitrogen and oxygen atoms in total. The number of carboxylic acids is 1. The standard InChI is InChI=1S/C16H16INO5/c1-3-16(2)10-5-4-8(17)6-9(10)13(21)12(14(16)22)15(23)18-7-11(19)20/h4-6,21H,3,7H2,1-2H3,(H,18,23)(H,19,20). The van der Waals surface area contributed by atoms with Crippen LogP contribution in [0.15, 0.2) is 23.8 Å². The third-order valence-electron chi connectivity index (χ3n) is 4.13. The summed E-state index contributed by atoms with van der Waals surface area (Å²) < 4.78 is 0.853. The van der Waals surface area contributed by atoms with Crippen LogP contribution in [0.3, 0.4) is 0 Å². The predicted molar refractivity (Wildman–Crippen MR) is 92.0 cm³/mol. The molecule has 1 aromatic rings. The number of aliphatic hydroxyl groups is 1. The van der Waals surface area contributed by atoms with E-state index in [9.17, 15) is 19.5 Å². The van der Waals surface area contributed by atoms with Gasteiger partial charge in [-0.2, -0.15) is 0 Å². The lowest BCUT2D eigenvalue weighted by atomic mass is 9.68. The van der Waals surface area contributed by atoms with Gasteiger partial charge in [0.05, 0.1) is 5.41 Å². The molecular weight excluding hydrogens is 413 g/mol. The minimum atomic E-state index is -1.23. The molecule has 0 saturated carbocycles.